The van der Waals surface area contributed by atoms with E-state index in [0.29, 0.717) is 35.7 Å². The minimum Gasteiger partial charge on any atom is -0.507 e. The average Bonchev–Trinajstić information content (AvgIpc) is 0.781. The number of aromatic hydroxyl groups is 2. The monoisotopic (exact) mass is 1790 g/mol. The minimum absolute atomic E-state index is 0.0278. The number of nitrogens with one attached hydrogen (secondary N) is 2. The molecule has 4 N–H and O–H groups in total. The second-order valence-electron chi connectivity index (χ2n) is 35.5. The summed E-state index contributed by atoms with van der Waals surface area (Å²) in [5.41, 5.74) is 1.09. The van der Waals surface area contributed by atoms with Crippen LogP contribution in [0.4, 0.5) is 29.7 Å². The number of benzene rings is 3. The van der Waals surface area contributed by atoms with Crippen LogP contribution in [0.25, 0.3) is 34.2 Å². The number of phenolic OH excluding ortho intramolecular Hbond substituents is 2. The van der Waals surface area contributed by atoms with E-state index in [0.717, 1.165) is 95.8 Å². The van der Waals surface area contributed by atoms with Crippen molar-refractivity contribution in [1.29, 1.82) is 0 Å². The predicted molar refractivity (Wildman–Crippen MR) is 535 cm³/mol. The lowest BCUT2D eigenvalue weighted by atomic mass is 10.1. The van der Waals surface area contributed by atoms with Gasteiger partial charge in [-0.25, -0.2) is 24.5 Å². The number of rotatable bonds is 78. The van der Waals surface area contributed by atoms with Gasteiger partial charge in [0.1, 0.15) is 47.8 Å². The number of aryl methyl sites for hydroxylation is 1. The lowest BCUT2D eigenvalue weighted by molar-refractivity contribution is -0.151. The molecule has 0 aliphatic rings. The van der Waals surface area contributed by atoms with Gasteiger partial charge >= 0.3 is 11.9 Å². The van der Waals surface area contributed by atoms with Crippen LogP contribution >= 0.6 is 0 Å². The molecule has 0 aliphatic carbocycles. The summed E-state index contributed by atoms with van der Waals surface area (Å²) in [4.78, 5) is 80.4. The van der Waals surface area contributed by atoms with Crippen molar-refractivity contribution >= 4 is 41.7 Å². The van der Waals surface area contributed by atoms with Crippen LogP contribution in [0.3, 0.4) is 0 Å². The largest absolute Gasteiger partial charge is 0.507 e. The Labute approximate surface area is 781 Å². The summed E-state index contributed by atoms with van der Waals surface area (Å²) in [5, 5.41) is 29.2. The number of ether oxygens (including phenoxy) is 5. The maximum atomic E-state index is 13.5. The number of hydrogen-bond acceptors (Lipinski definition) is 24. The van der Waals surface area contributed by atoms with Crippen LogP contribution in [0.5, 0.6) is 28.7 Å². The number of esters is 2. The summed E-state index contributed by atoms with van der Waals surface area (Å²) in [6, 6.07) is 16.2. The van der Waals surface area contributed by atoms with Gasteiger partial charge in [0.15, 0.2) is 29.7 Å². The summed E-state index contributed by atoms with van der Waals surface area (Å²) in [7, 11) is 3.33. The Morgan fingerprint density at radius 1 is 0.333 bits per heavy atom. The van der Waals surface area contributed by atoms with Gasteiger partial charge in [0.2, 0.25) is 29.7 Å². The Morgan fingerprint density at radius 2 is 0.597 bits per heavy atom. The highest BCUT2D eigenvalue weighted by atomic mass is 16.6. The zero-order valence-electron chi connectivity index (χ0n) is 83.1. The third kappa shape index (κ3) is 47.5. The molecule has 0 aliphatic heterocycles. The summed E-state index contributed by atoms with van der Waals surface area (Å²) >= 11 is 0. The van der Waals surface area contributed by atoms with Crippen LogP contribution in [0.15, 0.2) is 60.7 Å². The van der Waals surface area contributed by atoms with Crippen LogP contribution in [-0.2, 0) is 19.1 Å². The van der Waals surface area contributed by atoms with Crippen molar-refractivity contribution in [2.75, 3.05) is 118 Å². The number of likely N-dealkylation sites (N-methyl/N-ethyl adjacent to an activating group) is 1. The molecule has 0 saturated carbocycles. The molecule has 2 atom stereocenters. The van der Waals surface area contributed by atoms with Crippen molar-refractivity contribution in [3.8, 4) is 62.9 Å². The first-order valence-corrected chi connectivity index (χ1v) is 51.7. The number of carbonyl (C=O) groups excluding carboxylic acids is 2. The number of nitrogens with zero attached hydrogens (tertiary/aromatic N) is 13. The number of hydrogen-bond donors (Lipinski definition) is 4. The molecule has 3 heterocycles. The van der Waals surface area contributed by atoms with Crippen LogP contribution in [0.2, 0.25) is 0 Å². The quantitative estimate of drug-likeness (QED) is 0.0204. The first-order chi connectivity index (χ1) is 63.1. The van der Waals surface area contributed by atoms with Crippen molar-refractivity contribution in [1.82, 2.24) is 50.2 Å². The highest BCUT2D eigenvalue weighted by Crippen LogP contribution is 2.37. The second kappa shape index (κ2) is 71.3. The molecule has 0 spiro atoms. The van der Waals surface area contributed by atoms with Crippen molar-refractivity contribution in [2.24, 2.45) is 0 Å². The fourth-order valence-corrected chi connectivity index (χ4v) is 15.9. The summed E-state index contributed by atoms with van der Waals surface area (Å²) in [5.74, 6) is 4.49. The smallest absolute Gasteiger partial charge is 0.347 e. The Morgan fingerprint density at radius 3 is 0.876 bits per heavy atom. The van der Waals surface area contributed by atoms with Crippen molar-refractivity contribution in [3.05, 3.63) is 66.5 Å². The molecular formula is C105H177N15O9. The zero-order chi connectivity index (χ0) is 93.0. The van der Waals surface area contributed by atoms with Crippen LogP contribution < -0.4 is 44.4 Å². The normalized spacial score (nSPS) is 11.7. The Bertz CT molecular complexity index is 3740. The van der Waals surface area contributed by atoms with Gasteiger partial charge in [-0.2, -0.15) is 29.9 Å². The molecule has 726 valence electrons. The van der Waals surface area contributed by atoms with E-state index in [2.05, 4.69) is 92.5 Å². The summed E-state index contributed by atoms with van der Waals surface area (Å²) in [6.07, 6.45) is 60.2. The van der Waals surface area contributed by atoms with Crippen molar-refractivity contribution < 1.29 is 43.5 Å². The Hall–Kier alpha value is -8.41. The molecule has 0 saturated heterocycles. The zero-order valence-corrected chi connectivity index (χ0v) is 83.1. The highest BCUT2D eigenvalue weighted by molar-refractivity contribution is 5.76. The molecule has 0 fully saturated rings. The van der Waals surface area contributed by atoms with Gasteiger partial charge in [0, 0.05) is 76.6 Å². The van der Waals surface area contributed by atoms with Gasteiger partial charge in [-0.3, -0.25) is 0 Å². The lowest BCUT2D eigenvalue weighted by Gasteiger charge is -2.27. The van der Waals surface area contributed by atoms with Gasteiger partial charge in [0.25, 0.3) is 0 Å². The number of aromatic nitrogens is 9. The molecule has 0 bridgehead atoms. The van der Waals surface area contributed by atoms with E-state index < -0.39 is 24.1 Å². The van der Waals surface area contributed by atoms with Gasteiger partial charge in [0.05, 0.1) is 24.8 Å². The maximum absolute atomic E-state index is 13.5. The van der Waals surface area contributed by atoms with E-state index in [9.17, 15) is 19.8 Å². The van der Waals surface area contributed by atoms with Crippen LogP contribution in [-0.4, -0.2) is 172 Å². The molecule has 6 aromatic rings. The maximum Gasteiger partial charge on any atom is 0.347 e. The van der Waals surface area contributed by atoms with Crippen molar-refractivity contribution in [2.45, 2.75) is 403 Å². The molecule has 3 aromatic heterocycles. The molecule has 24 nitrogen and oxygen atoms in total. The topological polar surface area (TPSA) is 274 Å². The lowest BCUT2D eigenvalue weighted by Crippen LogP contribution is -2.32. The number of carbonyl (C=O) groups is 2. The number of anilines is 5. The first kappa shape index (κ1) is 111. The molecule has 2 unspecified atom stereocenters. The fourth-order valence-electron chi connectivity index (χ4n) is 15.9. The third-order valence-corrected chi connectivity index (χ3v) is 23.9. The number of unbranched alkanes of at least 4 members (excludes halogenated alkanes) is 41. The SMILES string of the molecule is CCCCCCCCCN(CCCCCCCC)c1nc(C)nc(N(CCCCCCCC)CCCCCCCC)n1.CCCCCCCCN(CCCCCCCC)c1nc(NCCOC(=O)C(C)Oc2ccc(-c3nc(-c4ccc(OC)cc4)nc(-c4ccc(OC(C)C(=O)OCCNC)cc4O)n3)c(O)c2)nc(N(CCCCCCCC)CCCCCCCC)n1. The molecular weight excluding hydrogens is 1620 g/mol. The van der Waals surface area contributed by atoms with Gasteiger partial charge in [-0.15, -0.1) is 0 Å². The van der Waals surface area contributed by atoms with E-state index >= 15 is 0 Å². The van der Waals surface area contributed by atoms with Crippen molar-refractivity contribution in [3.63, 3.8) is 0 Å². The minimum atomic E-state index is -1.03. The molecule has 24 heteroatoms. The Kier molecular flexibility index (Phi) is 61.4. The molecule has 0 radical (unpaired) electrons. The first-order valence-electron chi connectivity index (χ1n) is 51.7. The molecule has 6 rings (SSSR count). The summed E-state index contributed by atoms with van der Waals surface area (Å²) in [6.45, 7) is 32.2. The van der Waals surface area contributed by atoms with Crippen LogP contribution in [0.1, 0.15) is 390 Å². The summed E-state index contributed by atoms with van der Waals surface area (Å²) < 4.78 is 28.2. The van der Waals surface area contributed by atoms with E-state index in [-0.39, 0.29) is 71.4 Å². The number of methoxy groups -OCH3 is 1. The van der Waals surface area contributed by atoms with Gasteiger partial charge < -0.3 is 64.1 Å². The fraction of sp³-hybridized carbons (Fsp3) is 0.724. The standard InChI is InChI=1S/C68H104N10O9.C37H73N5/c1-9-13-17-21-25-29-43-77(44-30-26-22-18-14-10-2)67-74-66(75-68(76-67)78(45-31-27-23-19-15-11-3)46-32-28-24-20-16-12-4)70-42-48-85-65(82)52(6)87-56-38-40-58(60(80)50-56)63-72-61(53-33-35-54(83-8)36-34-53)71-62(73-63)57-39-37-55(49-59(57)79)86-51(5)64(81)84-47-41-69-7;1-6-10-14-18-22-26-30-34-42(33-29-25-21-17-13-9-4)37-39-35(5)38-36(40-37)41(31-27-23-19-15-11-7-2)32-28-24-20-16-12-8-3/h33-40,49-52,69,79-80H,9-32,41-48H2,1-8H3,(H,70,74,75,76);6-34H2,1-5H3. The third-order valence-electron chi connectivity index (χ3n) is 23.9. The van der Waals surface area contributed by atoms with E-state index in [4.69, 9.17) is 68.5 Å². The van der Waals surface area contributed by atoms with E-state index in [1.165, 1.54) is 301 Å². The highest BCUT2D eigenvalue weighted by Gasteiger charge is 2.25. The molecule has 0 amide bonds. The predicted octanol–water partition coefficient (Wildman–Crippen LogP) is 26.1. The van der Waals surface area contributed by atoms with Gasteiger partial charge in [-0.05, 0) is 128 Å². The van der Waals surface area contributed by atoms with E-state index in [1.807, 2.05) is 0 Å². The van der Waals surface area contributed by atoms with E-state index in [1.54, 1.807) is 76.5 Å². The second-order valence-corrected chi connectivity index (χ2v) is 35.5. The average molecular weight is 1790 g/mol. The van der Waals surface area contributed by atoms with Crippen LogP contribution in [0, 0.1) is 6.92 Å². The van der Waals surface area contributed by atoms with Gasteiger partial charge in [-0.1, -0.05) is 319 Å². The molecule has 3 aromatic carbocycles. The Balaban J connectivity index is 0.000000587. The number of phenols is 2. The molecule has 129 heavy (non-hydrogen) atoms.